The second kappa shape index (κ2) is 6.84. The van der Waals surface area contributed by atoms with E-state index in [9.17, 15) is 8.42 Å². The molecule has 6 heteroatoms. The summed E-state index contributed by atoms with van der Waals surface area (Å²) in [6.07, 6.45) is 0. The van der Waals surface area contributed by atoms with Gasteiger partial charge in [0.15, 0.2) is 0 Å². The van der Waals surface area contributed by atoms with Crippen LogP contribution in [0.2, 0.25) is 5.02 Å². The summed E-state index contributed by atoms with van der Waals surface area (Å²) in [6.45, 7) is 5.99. The van der Waals surface area contributed by atoms with Crippen molar-refractivity contribution in [2.75, 3.05) is 0 Å². The predicted octanol–water partition coefficient (Wildman–Crippen LogP) is 3.55. The van der Waals surface area contributed by atoms with Crippen LogP contribution in [0.4, 0.5) is 0 Å². The van der Waals surface area contributed by atoms with Gasteiger partial charge in [-0.1, -0.05) is 49.7 Å². The van der Waals surface area contributed by atoms with Crippen molar-refractivity contribution in [2.24, 2.45) is 0 Å². The van der Waals surface area contributed by atoms with Gasteiger partial charge in [-0.25, -0.2) is 13.1 Å². The van der Waals surface area contributed by atoms with Crippen LogP contribution in [0.25, 0.3) is 0 Å². The van der Waals surface area contributed by atoms with Crippen molar-refractivity contribution < 1.29 is 8.42 Å². The summed E-state index contributed by atoms with van der Waals surface area (Å²) in [5.41, 5.74) is 4.39. The first-order valence-electron chi connectivity index (χ1n) is 7.97. The number of rotatable bonds is 5. The van der Waals surface area contributed by atoms with Gasteiger partial charge in [-0.3, -0.25) is 0 Å². The third-order valence-corrected chi connectivity index (χ3v) is 6.16. The number of nitrogens with one attached hydrogen (secondary N) is 2. The molecule has 3 rings (SSSR count). The lowest BCUT2D eigenvalue weighted by molar-refractivity contribution is 0.581. The van der Waals surface area contributed by atoms with E-state index in [-0.39, 0.29) is 22.4 Å². The molecule has 2 aromatic carbocycles. The van der Waals surface area contributed by atoms with Crippen molar-refractivity contribution in [3.05, 3.63) is 63.7 Å². The van der Waals surface area contributed by atoms with E-state index in [0.717, 1.165) is 24.2 Å². The zero-order valence-electron chi connectivity index (χ0n) is 13.8. The number of fused-ring (bicyclic) bond motifs is 1. The summed E-state index contributed by atoms with van der Waals surface area (Å²) in [5.74, 6) is 0.237. The van der Waals surface area contributed by atoms with Gasteiger partial charge in [-0.15, -0.1) is 0 Å². The highest BCUT2D eigenvalue weighted by atomic mass is 35.5. The van der Waals surface area contributed by atoms with Gasteiger partial charge in [-0.2, -0.15) is 0 Å². The van der Waals surface area contributed by atoms with Crippen LogP contribution in [0.1, 0.15) is 42.0 Å². The highest BCUT2D eigenvalue weighted by molar-refractivity contribution is 7.89. The summed E-state index contributed by atoms with van der Waals surface area (Å²) < 4.78 is 27.9. The van der Waals surface area contributed by atoms with Gasteiger partial charge < -0.3 is 5.32 Å². The zero-order valence-corrected chi connectivity index (χ0v) is 15.3. The van der Waals surface area contributed by atoms with Crippen molar-refractivity contribution >= 4 is 21.6 Å². The minimum Gasteiger partial charge on any atom is -0.309 e. The van der Waals surface area contributed by atoms with E-state index in [1.54, 1.807) is 12.1 Å². The topological polar surface area (TPSA) is 58.2 Å². The summed E-state index contributed by atoms with van der Waals surface area (Å²) in [4.78, 5) is 0.137. The van der Waals surface area contributed by atoms with Crippen LogP contribution in [0.5, 0.6) is 0 Å². The molecule has 0 bridgehead atoms. The molecule has 0 saturated carbocycles. The normalized spacial score (nSPS) is 14.2. The predicted molar refractivity (Wildman–Crippen MR) is 96.6 cm³/mol. The number of hydrogen-bond acceptors (Lipinski definition) is 3. The SMILES string of the molecule is CC(C)c1ccc(Cl)c(S(=O)(=O)NCc2ccc3c(c2)CNC3)c1. The van der Waals surface area contributed by atoms with Crippen molar-refractivity contribution in [3.63, 3.8) is 0 Å². The molecule has 24 heavy (non-hydrogen) atoms. The number of hydrogen-bond donors (Lipinski definition) is 2. The molecule has 0 fully saturated rings. The van der Waals surface area contributed by atoms with E-state index in [0.29, 0.717) is 0 Å². The van der Waals surface area contributed by atoms with Crippen molar-refractivity contribution in [1.82, 2.24) is 10.0 Å². The first kappa shape index (κ1) is 17.4. The lowest BCUT2D eigenvalue weighted by Crippen LogP contribution is -2.23. The molecule has 0 saturated heterocycles. The quantitative estimate of drug-likeness (QED) is 0.853. The Bertz CT molecular complexity index is 863. The molecule has 0 unspecified atom stereocenters. The van der Waals surface area contributed by atoms with Crippen LogP contribution in [0.3, 0.4) is 0 Å². The molecule has 0 aliphatic carbocycles. The largest absolute Gasteiger partial charge is 0.309 e. The Morgan fingerprint density at radius 1 is 1.12 bits per heavy atom. The maximum absolute atomic E-state index is 12.6. The summed E-state index contributed by atoms with van der Waals surface area (Å²) in [6, 6.07) is 11.2. The number of sulfonamides is 1. The van der Waals surface area contributed by atoms with Gasteiger partial charge >= 0.3 is 0 Å². The molecule has 1 aliphatic heterocycles. The van der Waals surface area contributed by atoms with Gasteiger partial charge in [0.05, 0.1) is 5.02 Å². The second-order valence-corrected chi connectivity index (χ2v) is 8.52. The molecule has 1 heterocycles. The molecular formula is C18H21ClN2O2S. The average Bonchev–Trinajstić information content (AvgIpc) is 3.00. The van der Waals surface area contributed by atoms with Crippen molar-refractivity contribution in [1.29, 1.82) is 0 Å². The minimum absolute atomic E-state index is 0.137. The van der Waals surface area contributed by atoms with Crippen LogP contribution in [0.15, 0.2) is 41.3 Å². The van der Waals surface area contributed by atoms with E-state index >= 15 is 0 Å². The summed E-state index contributed by atoms with van der Waals surface area (Å²) in [7, 11) is -3.66. The lowest BCUT2D eigenvalue weighted by atomic mass is 10.0. The Morgan fingerprint density at radius 3 is 2.62 bits per heavy atom. The maximum atomic E-state index is 12.6. The van der Waals surface area contributed by atoms with Gasteiger partial charge in [0.25, 0.3) is 0 Å². The maximum Gasteiger partial charge on any atom is 0.242 e. The highest BCUT2D eigenvalue weighted by Gasteiger charge is 2.19. The van der Waals surface area contributed by atoms with Gasteiger partial charge in [0.2, 0.25) is 10.0 Å². The van der Waals surface area contributed by atoms with Crippen LogP contribution in [-0.4, -0.2) is 8.42 Å². The van der Waals surface area contributed by atoms with Crippen LogP contribution in [-0.2, 0) is 29.7 Å². The zero-order chi connectivity index (χ0) is 17.3. The second-order valence-electron chi connectivity index (χ2n) is 6.38. The Labute approximate surface area is 148 Å². The van der Waals surface area contributed by atoms with Crippen LogP contribution in [0, 0.1) is 0 Å². The molecule has 0 aromatic heterocycles. The van der Waals surface area contributed by atoms with Crippen LogP contribution >= 0.6 is 11.6 Å². The van der Waals surface area contributed by atoms with Crippen molar-refractivity contribution in [2.45, 2.75) is 44.3 Å². The van der Waals surface area contributed by atoms with E-state index in [1.807, 2.05) is 38.1 Å². The number of halogens is 1. The fourth-order valence-electron chi connectivity index (χ4n) is 2.80. The van der Waals surface area contributed by atoms with Gasteiger partial charge in [0, 0.05) is 19.6 Å². The fraction of sp³-hybridized carbons (Fsp3) is 0.333. The third-order valence-electron chi connectivity index (χ3n) is 4.28. The first-order valence-corrected chi connectivity index (χ1v) is 9.83. The molecule has 1 aliphatic rings. The van der Waals surface area contributed by atoms with Gasteiger partial charge in [-0.05, 0) is 40.3 Å². The number of benzene rings is 2. The Hall–Kier alpha value is -1.40. The monoisotopic (exact) mass is 364 g/mol. The van der Waals surface area contributed by atoms with E-state index in [4.69, 9.17) is 11.6 Å². The molecule has 0 amide bonds. The standard InChI is InChI=1S/C18H21ClN2O2S/c1-12(2)14-5-6-17(19)18(8-14)24(22,23)21-9-13-3-4-15-10-20-11-16(15)7-13/h3-8,12,20-21H,9-11H2,1-2H3. The lowest BCUT2D eigenvalue weighted by Gasteiger charge is -2.12. The first-order chi connectivity index (χ1) is 11.4. The average molecular weight is 365 g/mol. The third kappa shape index (κ3) is 3.64. The van der Waals surface area contributed by atoms with Crippen LogP contribution < -0.4 is 10.0 Å². The minimum atomic E-state index is -3.66. The van der Waals surface area contributed by atoms with Gasteiger partial charge in [0.1, 0.15) is 4.90 Å². The fourth-order valence-corrected chi connectivity index (χ4v) is 4.35. The molecule has 0 spiro atoms. The van der Waals surface area contributed by atoms with Crippen molar-refractivity contribution in [3.8, 4) is 0 Å². The Morgan fingerprint density at radius 2 is 1.88 bits per heavy atom. The molecule has 0 atom stereocenters. The van der Waals surface area contributed by atoms with E-state index in [1.165, 1.54) is 11.1 Å². The smallest absolute Gasteiger partial charge is 0.242 e. The Balaban J connectivity index is 1.80. The highest BCUT2D eigenvalue weighted by Crippen LogP contribution is 2.26. The Kier molecular flexibility index (Phi) is 4.97. The molecule has 0 radical (unpaired) electrons. The molecule has 128 valence electrons. The molecule has 4 nitrogen and oxygen atoms in total. The molecule has 2 aromatic rings. The van der Waals surface area contributed by atoms with E-state index in [2.05, 4.69) is 10.0 Å². The molecular weight excluding hydrogens is 344 g/mol. The summed E-state index contributed by atoms with van der Waals surface area (Å²) >= 11 is 6.12. The molecule has 2 N–H and O–H groups in total. The van der Waals surface area contributed by atoms with E-state index < -0.39 is 10.0 Å². The summed E-state index contributed by atoms with van der Waals surface area (Å²) in [5, 5.41) is 3.52.